The summed E-state index contributed by atoms with van der Waals surface area (Å²) in [4.78, 5) is 23.4. The summed E-state index contributed by atoms with van der Waals surface area (Å²) in [5.41, 5.74) is 7.89. The van der Waals surface area contributed by atoms with E-state index in [9.17, 15) is 9.59 Å². The summed E-state index contributed by atoms with van der Waals surface area (Å²) in [6.07, 6.45) is 3.03. The maximum atomic E-state index is 11.7. The second-order valence-electron chi connectivity index (χ2n) is 6.29. The first-order valence-corrected chi connectivity index (χ1v) is 8.50. The van der Waals surface area contributed by atoms with Crippen molar-refractivity contribution >= 4 is 17.9 Å². The fourth-order valence-electron chi connectivity index (χ4n) is 2.16. The molecule has 2 rings (SSSR count). The zero-order valence-electron chi connectivity index (χ0n) is 15.3. The molecule has 0 bridgehead atoms. The molecule has 2 amide bonds. The SMILES string of the molecule is Cc1ccc(/C=C/C(=O)NNC(=O)COc2ccc(C(C)C)cc2)cc1. The van der Waals surface area contributed by atoms with Crippen LogP contribution in [0, 0.1) is 6.92 Å². The molecular weight excluding hydrogens is 328 g/mol. The predicted molar refractivity (Wildman–Crippen MR) is 103 cm³/mol. The van der Waals surface area contributed by atoms with Gasteiger partial charge in [-0.25, -0.2) is 0 Å². The van der Waals surface area contributed by atoms with Gasteiger partial charge in [0.15, 0.2) is 6.61 Å². The maximum Gasteiger partial charge on any atom is 0.276 e. The summed E-state index contributed by atoms with van der Waals surface area (Å²) in [6, 6.07) is 15.3. The van der Waals surface area contributed by atoms with Gasteiger partial charge in [0.05, 0.1) is 0 Å². The zero-order valence-corrected chi connectivity index (χ0v) is 15.3. The Labute approximate surface area is 154 Å². The summed E-state index contributed by atoms with van der Waals surface area (Å²) in [5, 5.41) is 0. The van der Waals surface area contributed by atoms with E-state index in [1.165, 1.54) is 11.6 Å². The topological polar surface area (TPSA) is 67.4 Å². The molecule has 0 aliphatic carbocycles. The van der Waals surface area contributed by atoms with Crippen molar-refractivity contribution in [1.82, 2.24) is 10.9 Å². The van der Waals surface area contributed by atoms with Crippen LogP contribution in [0.4, 0.5) is 0 Å². The largest absolute Gasteiger partial charge is 0.484 e. The Morgan fingerprint density at radius 1 is 1.00 bits per heavy atom. The van der Waals surface area contributed by atoms with Crippen LogP contribution in [-0.4, -0.2) is 18.4 Å². The Balaban J connectivity index is 1.72. The molecule has 0 radical (unpaired) electrons. The Hall–Kier alpha value is -3.08. The van der Waals surface area contributed by atoms with E-state index in [2.05, 4.69) is 24.7 Å². The van der Waals surface area contributed by atoms with Crippen LogP contribution in [0.15, 0.2) is 54.6 Å². The molecule has 26 heavy (non-hydrogen) atoms. The number of carbonyl (C=O) groups excluding carboxylic acids is 2. The van der Waals surface area contributed by atoms with Gasteiger partial charge in [0, 0.05) is 6.08 Å². The number of ether oxygens (including phenoxy) is 1. The molecule has 0 aromatic heterocycles. The van der Waals surface area contributed by atoms with Crippen LogP contribution >= 0.6 is 0 Å². The van der Waals surface area contributed by atoms with Crippen molar-refractivity contribution in [2.24, 2.45) is 0 Å². The standard InChI is InChI=1S/C21H24N2O3/c1-15(2)18-9-11-19(12-10-18)26-14-21(25)23-22-20(24)13-8-17-6-4-16(3)5-7-17/h4-13,15H,14H2,1-3H3,(H,22,24)(H,23,25)/b13-8+. The lowest BCUT2D eigenvalue weighted by Crippen LogP contribution is -2.43. The van der Waals surface area contributed by atoms with Crippen molar-refractivity contribution in [1.29, 1.82) is 0 Å². The minimum Gasteiger partial charge on any atom is -0.484 e. The molecule has 2 N–H and O–H groups in total. The number of hydrogen-bond donors (Lipinski definition) is 2. The third-order valence-corrected chi connectivity index (χ3v) is 3.75. The number of carbonyl (C=O) groups is 2. The second kappa shape index (κ2) is 9.42. The van der Waals surface area contributed by atoms with Gasteiger partial charge in [-0.3, -0.25) is 20.4 Å². The lowest BCUT2D eigenvalue weighted by molar-refractivity contribution is -0.128. The van der Waals surface area contributed by atoms with Crippen LogP contribution in [0.5, 0.6) is 5.75 Å². The molecule has 0 fully saturated rings. The van der Waals surface area contributed by atoms with Crippen LogP contribution in [0.3, 0.4) is 0 Å². The van der Waals surface area contributed by atoms with Gasteiger partial charge in [0.25, 0.3) is 11.8 Å². The highest BCUT2D eigenvalue weighted by Crippen LogP contribution is 2.18. The summed E-state index contributed by atoms with van der Waals surface area (Å²) < 4.78 is 5.39. The van der Waals surface area contributed by atoms with E-state index < -0.39 is 11.8 Å². The average molecular weight is 352 g/mol. The van der Waals surface area contributed by atoms with Gasteiger partial charge >= 0.3 is 0 Å². The summed E-state index contributed by atoms with van der Waals surface area (Å²) in [5.74, 6) is 0.195. The number of benzene rings is 2. The molecule has 5 heteroatoms. The monoisotopic (exact) mass is 352 g/mol. The fraction of sp³-hybridized carbons (Fsp3) is 0.238. The average Bonchev–Trinajstić information content (AvgIpc) is 2.64. The van der Waals surface area contributed by atoms with Gasteiger partial charge in [-0.1, -0.05) is 55.8 Å². The first kappa shape index (κ1) is 19.2. The van der Waals surface area contributed by atoms with Gasteiger partial charge in [-0.05, 0) is 42.2 Å². The lowest BCUT2D eigenvalue weighted by atomic mass is 10.0. The first-order valence-electron chi connectivity index (χ1n) is 8.50. The minimum atomic E-state index is -0.435. The summed E-state index contributed by atoms with van der Waals surface area (Å²) in [7, 11) is 0. The third kappa shape index (κ3) is 6.43. The van der Waals surface area contributed by atoms with E-state index in [1.807, 2.05) is 55.5 Å². The minimum absolute atomic E-state index is 0.178. The normalized spacial score (nSPS) is 10.8. The van der Waals surface area contributed by atoms with Gasteiger partial charge < -0.3 is 4.74 Å². The highest BCUT2D eigenvalue weighted by molar-refractivity contribution is 5.93. The maximum absolute atomic E-state index is 11.7. The van der Waals surface area contributed by atoms with Crippen LogP contribution < -0.4 is 15.6 Å². The second-order valence-corrected chi connectivity index (χ2v) is 6.29. The summed E-state index contributed by atoms with van der Waals surface area (Å²) >= 11 is 0. The van der Waals surface area contributed by atoms with Gasteiger partial charge in [0.1, 0.15) is 5.75 Å². The quantitative estimate of drug-likeness (QED) is 0.619. The number of aryl methyl sites for hydroxylation is 1. The van der Waals surface area contributed by atoms with Crippen molar-refractivity contribution < 1.29 is 14.3 Å². The van der Waals surface area contributed by atoms with Gasteiger partial charge in [0.2, 0.25) is 0 Å². The molecule has 0 atom stereocenters. The smallest absolute Gasteiger partial charge is 0.276 e. The molecule has 0 aliphatic heterocycles. The summed E-state index contributed by atoms with van der Waals surface area (Å²) in [6.45, 7) is 6.04. The Bertz CT molecular complexity index is 763. The van der Waals surface area contributed by atoms with E-state index in [1.54, 1.807) is 6.08 Å². The van der Waals surface area contributed by atoms with Crippen molar-refractivity contribution in [2.45, 2.75) is 26.7 Å². The Morgan fingerprint density at radius 3 is 2.27 bits per heavy atom. The molecule has 0 unspecified atom stereocenters. The van der Waals surface area contributed by atoms with Crippen molar-refractivity contribution in [3.8, 4) is 5.75 Å². The van der Waals surface area contributed by atoms with E-state index >= 15 is 0 Å². The lowest BCUT2D eigenvalue weighted by Gasteiger charge is -2.09. The first-order chi connectivity index (χ1) is 12.4. The van der Waals surface area contributed by atoms with Crippen LogP contribution in [-0.2, 0) is 9.59 Å². The third-order valence-electron chi connectivity index (χ3n) is 3.75. The molecule has 2 aromatic rings. The molecule has 0 saturated heterocycles. The van der Waals surface area contributed by atoms with E-state index in [0.717, 1.165) is 11.1 Å². The molecule has 0 heterocycles. The fourth-order valence-corrected chi connectivity index (χ4v) is 2.16. The van der Waals surface area contributed by atoms with E-state index in [0.29, 0.717) is 11.7 Å². The Kier molecular flexibility index (Phi) is 6.97. The van der Waals surface area contributed by atoms with Crippen LogP contribution in [0.25, 0.3) is 6.08 Å². The molecule has 136 valence electrons. The van der Waals surface area contributed by atoms with Crippen LogP contribution in [0.1, 0.15) is 36.5 Å². The van der Waals surface area contributed by atoms with E-state index in [-0.39, 0.29) is 6.61 Å². The molecular formula is C21H24N2O3. The zero-order chi connectivity index (χ0) is 18.9. The highest BCUT2D eigenvalue weighted by Gasteiger charge is 2.05. The number of hydrogen-bond acceptors (Lipinski definition) is 3. The Morgan fingerprint density at radius 2 is 1.65 bits per heavy atom. The number of hydrazine groups is 1. The van der Waals surface area contributed by atoms with Crippen molar-refractivity contribution in [2.75, 3.05) is 6.61 Å². The predicted octanol–water partition coefficient (Wildman–Crippen LogP) is 3.36. The number of nitrogens with one attached hydrogen (secondary N) is 2. The molecule has 2 aromatic carbocycles. The molecule has 5 nitrogen and oxygen atoms in total. The molecule has 0 saturated carbocycles. The van der Waals surface area contributed by atoms with Gasteiger partial charge in [-0.15, -0.1) is 0 Å². The van der Waals surface area contributed by atoms with E-state index in [4.69, 9.17) is 4.74 Å². The number of amides is 2. The van der Waals surface area contributed by atoms with Crippen molar-refractivity contribution in [3.63, 3.8) is 0 Å². The van der Waals surface area contributed by atoms with Crippen molar-refractivity contribution in [3.05, 3.63) is 71.3 Å². The number of rotatable bonds is 6. The van der Waals surface area contributed by atoms with Gasteiger partial charge in [-0.2, -0.15) is 0 Å². The molecule has 0 aliphatic rings. The molecule has 0 spiro atoms. The van der Waals surface area contributed by atoms with Crippen LogP contribution in [0.2, 0.25) is 0 Å². The highest BCUT2D eigenvalue weighted by atomic mass is 16.5.